The monoisotopic (exact) mass is 335 g/mol. The summed E-state index contributed by atoms with van der Waals surface area (Å²) < 4.78 is 0. The molecule has 0 radical (unpaired) electrons. The summed E-state index contributed by atoms with van der Waals surface area (Å²) in [6.07, 6.45) is 15.5. The predicted molar refractivity (Wildman–Crippen MR) is 108 cm³/mol. The summed E-state index contributed by atoms with van der Waals surface area (Å²) in [6, 6.07) is 18.2. The molecule has 4 aromatic rings. The minimum atomic E-state index is 0.926. The Morgan fingerprint density at radius 2 is 1.23 bits per heavy atom. The largest absolute Gasteiger partial charge is 0.265 e. The molecule has 0 bridgehead atoms. The van der Waals surface area contributed by atoms with Gasteiger partial charge in [0.25, 0.3) is 0 Å². The van der Waals surface area contributed by atoms with Gasteiger partial charge in [-0.2, -0.15) is 0 Å². The van der Waals surface area contributed by atoms with Crippen molar-refractivity contribution in [3.05, 3.63) is 102 Å². The first-order chi connectivity index (χ1) is 12.9. The third-order valence-electron chi connectivity index (χ3n) is 4.08. The summed E-state index contributed by atoms with van der Waals surface area (Å²) in [5.74, 6) is 0. The molecule has 0 aliphatic carbocycles. The van der Waals surface area contributed by atoms with E-state index in [1.165, 1.54) is 0 Å². The standard InChI is InChI=1S/C23H17N3/c1-2-4-23-22(3-1)20(7-5-18-9-13-24-14-10-18)17-21(26-23)8-6-19-11-15-25-16-12-19/h1-17H. The van der Waals surface area contributed by atoms with Crippen molar-refractivity contribution in [2.24, 2.45) is 0 Å². The maximum absolute atomic E-state index is 4.76. The lowest BCUT2D eigenvalue weighted by Gasteiger charge is -2.04. The molecular weight excluding hydrogens is 318 g/mol. The second kappa shape index (κ2) is 7.53. The fourth-order valence-electron chi connectivity index (χ4n) is 2.76. The van der Waals surface area contributed by atoms with E-state index in [4.69, 9.17) is 4.98 Å². The summed E-state index contributed by atoms with van der Waals surface area (Å²) in [4.78, 5) is 12.9. The molecular formula is C23H17N3. The second-order valence-corrected chi connectivity index (χ2v) is 5.88. The van der Waals surface area contributed by atoms with Gasteiger partial charge in [-0.1, -0.05) is 36.4 Å². The third-order valence-corrected chi connectivity index (χ3v) is 4.08. The summed E-state index contributed by atoms with van der Waals surface area (Å²) in [5.41, 5.74) is 5.27. The summed E-state index contributed by atoms with van der Waals surface area (Å²) in [5, 5.41) is 1.14. The van der Waals surface area contributed by atoms with Gasteiger partial charge in [-0.15, -0.1) is 0 Å². The predicted octanol–water partition coefficient (Wildman–Crippen LogP) is 5.37. The van der Waals surface area contributed by atoms with Crippen molar-refractivity contribution in [2.45, 2.75) is 0 Å². The second-order valence-electron chi connectivity index (χ2n) is 5.88. The Morgan fingerprint density at radius 1 is 0.615 bits per heavy atom. The van der Waals surface area contributed by atoms with Crippen molar-refractivity contribution in [3.63, 3.8) is 0 Å². The van der Waals surface area contributed by atoms with Gasteiger partial charge in [-0.25, -0.2) is 4.98 Å². The van der Waals surface area contributed by atoms with Gasteiger partial charge in [0.05, 0.1) is 11.2 Å². The average Bonchev–Trinajstić information content (AvgIpc) is 2.72. The zero-order valence-electron chi connectivity index (χ0n) is 14.2. The van der Waals surface area contributed by atoms with E-state index in [9.17, 15) is 0 Å². The molecule has 124 valence electrons. The Balaban J connectivity index is 1.74. The van der Waals surface area contributed by atoms with Crippen LogP contribution in [-0.4, -0.2) is 15.0 Å². The molecule has 0 saturated heterocycles. The molecule has 1 aromatic carbocycles. The Labute approximate surface area is 152 Å². The zero-order chi connectivity index (χ0) is 17.6. The number of fused-ring (bicyclic) bond motifs is 1. The summed E-state index contributed by atoms with van der Waals surface area (Å²) >= 11 is 0. The van der Waals surface area contributed by atoms with E-state index in [1.807, 2.05) is 48.5 Å². The van der Waals surface area contributed by atoms with Crippen LogP contribution in [0.4, 0.5) is 0 Å². The number of rotatable bonds is 4. The van der Waals surface area contributed by atoms with Crippen LogP contribution in [0.25, 0.3) is 35.2 Å². The third kappa shape index (κ3) is 3.73. The normalized spacial score (nSPS) is 11.5. The van der Waals surface area contributed by atoms with Crippen LogP contribution in [0.3, 0.4) is 0 Å². The van der Waals surface area contributed by atoms with E-state index in [1.54, 1.807) is 24.8 Å². The Hall–Kier alpha value is -3.59. The summed E-state index contributed by atoms with van der Waals surface area (Å²) in [7, 11) is 0. The smallest absolute Gasteiger partial charge is 0.0715 e. The molecule has 3 nitrogen and oxygen atoms in total. The van der Waals surface area contributed by atoms with Crippen LogP contribution in [0, 0.1) is 0 Å². The molecule has 0 fully saturated rings. The maximum atomic E-state index is 4.76. The SMILES string of the molecule is C(=Cc1cc(C=Cc2ccncc2)c2ccccc2n1)c1ccncc1. The molecule has 0 unspecified atom stereocenters. The molecule has 0 spiro atoms. The number of benzene rings is 1. The topological polar surface area (TPSA) is 38.7 Å². The van der Waals surface area contributed by atoms with Crippen molar-refractivity contribution < 1.29 is 0 Å². The van der Waals surface area contributed by atoms with Crippen molar-refractivity contribution in [1.29, 1.82) is 0 Å². The lowest BCUT2D eigenvalue weighted by molar-refractivity contribution is 1.32. The maximum Gasteiger partial charge on any atom is 0.0715 e. The van der Waals surface area contributed by atoms with Crippen LogP contribution < -0.4 is 0 Å². The van der Waals surface area contributed by atoms with E-state index in [0.29, 0.717) is 0 Å². The van der Waals surface area contributed by atoms with Gasteiger partial charge in [-0.05, 0) is 59.2 Å². The van der Waals surface area contributed by atoms with Gasteiger partial charge in [0.1, 0.15) is 0 Å². The molecule has 0 N–H and O–H groups in total. The molecule has 3 aromatic heterocycles. The van der Waals surface area contributed by atoms with Gasteiger partial charge in [0.15, 0.2) is 0 Å². The van der Waals surface area contributed by atoms with Crippen LogP contribution in [-0.2, 0) is 0 Å². The number of hydrogen-bond donors (Lipinski definition) is 0. The highest BCUT2D eigenvalue weighted by Gasteiger charge is 2.02. The van der Waals surface area contributed by atoms with E-state index >= 15 is 0 Å². The van der Waals surface area contributed by atoms with Crippen LogP contribution in [0.2, 0.25) is 0 Å². The quantitative estimate of drug-likeness (QED) is 0.503. The van der Waals surface area contributed by atoms with E-state index in [-0.39, 0.29) is 0 Å². The van der Waals surface area contributed by atoms with Gasteiger partial charge in [0.2, 0.25) is 0 Å². The fraction of sp³-hybridized carbons (Fsp3) is 0. The summed E-state index contributed by atoms with van der Waals surface area (Å²) in [6.45, 7) is 0. The number of pyridine rings is 3. The lowest BCUT2D eigenvalue weighted by atomic mass is 10.1. The molecule has 0 aliphatic rings. The minimum Gasteiger partial charge on any atom is -0.265 e. The first kappa shape index (κ1) is 15.9. The van der Waals surface area contributed by atoms with Crippen LogP contribution in [0.15, 0.2) is 79.4 Å². The van der Waals surface area contributed by atoms with Gasteiger partial charge < -0.3 is 0 Å². The Morgan fingerprint density at radius 3 is 1.92 bits per heavy atom. The highest BCUT2D eigenvalue weighted by molar-refractivity contribution is 5.92. The molecule has 0 atom stereocenters. The van der Waals surface area contributed by atoms with Crippen LogP contribution in [0.1, 0.15) is 22.4 Å². The number of para-hydroxylation sites is 1. The minimum absolute atomic E-state index is 0.926. The first-order valence-corrected chi connectivity index (χ1v) is 8.44. The van der Waals surface area contributed by atoms with Crippen LogP contribution >= 0.6 is 0 Å². The van der Waals surface area contributed by atoms with E-state index < -0.39 is 0 Å². The van der Waals surface area contributed by atoms with Gasteiger partial charge >= 0.3 is 0 Å². The lowest BCUT2D eigenvalue weighted by Crippen LogP contribution is -1.87. The molecule has 4 rings (SSSR count). The van der Waals surface area contributed by atoms with Gasteiger partial charge in [0, 0.05) is 30.2 Å². The molecule has 3 heterocycles. The molecule has 26 heavy (non-hydrogen) atoms. The first-order valence-electron chi connectivity index (χ1n) is 8.44. The molecule has 0 saturated carbocycles. The van der Waals surface area contributed by atoms with E-state index in [0.717, 1.165) is 33.3 Å². The zero-order valence-corrected chi connectivity index (χ0v) is 14.2. The molecule has 0 amide bonds. The highest BCUT2D eigenvalue weighted by Crippen LogP contribution is 2.22. The van der Waals surface area contributed by atoms with E-state index in [2.05, 4.69) is 40.3 Å². The Kier molecular flexibility index (Phi) is 4.61. The number of aromatic nitrogens is 3. The van der Waals surface area contributed by atoms with Crippen molar-refractivity contribution in [1.82, 2.24) is 15.0 Å². The van der Waals surface area contributed by atoms with Gasteiger partial charge in [-0.3, -0.25) is 9.97 Å². The highest BCUT2D eigenvalue weighted by atomic mass is 14.7. The van der Waals surface area contributed by atoms with Crippen molar-refractivity contribution in [3.8, 4) is 0 Å². The van der Waals surface area contributed by atoms with Crippen LogP contribution in [0.5, 0.6) is 0 Å². The fourth-order valence-corrected chi connectivity index (χ4v) is 2.76. The van der Waals surface area contributed by atoms with Crippen molar-refractivity contribution >= 4 is 35.2 Å². The number of nitrogens with zero attached hydrogens (tertiary/aromatic N) is 3. The average molecular weight is 335 g/mol. The number of hydrogen-bond acceptors (Lipinski definition) is 3. The molecule has 0 aliphatic heterocycles. The molecule has 3 heteroatoms. The van der Waals surface area contributed by atoms with Crippen molar-refractivity contribution in [2.75, 3.05) is 0 Å². The Bertz CT molecular complexity index is 1070.